The first-order valence-corrected chi connectivity index (χ1v) is 5.86. The van der Waals surface area contributed by atoms with E-state index < -0.39 is 18.9 Å². The third-order valence-electron chi connectivity index (χ3n) is 2.34. The van der Waals surface area contributed by atoms with E-state index in [2.05, 4.69) is 14.7 Å². The second-order valence-electron chi connectivity index (χ2n) is 4.00. The van der Waals surface area contributed by atoms with Crippen molar-refractivity contribution in [2.45, 2.75) is 6.36 Å². The molecule has 0 aliphatic carbocycles. The minimum atomic E-state index is -4.75. The molecule has 0 saturated heterocycles. The number of carboxylic acids is 1. The molecule has 0 saturated carbocycles. The molecule has 0 unspecified atom stereocenters. The quantitative estimate of drug-likeness (QED) is 0.913. The van der Waals surface area contributed by atoms with Crippen molar-refractivity contribution in [3.8, 4) is 22.9 Å². The molecule has 0 atom stereocenters. The first-order chi connectivity index (χ1) is 10.3. The Morgan fingerprint density at radius 1 is 1.09 bits per heavy atom. The Morgan fingerprint density at radius 3 is 2.18 bits per heavy atom. The largest absolute Gasteiger partial charge is 0.573 e. The van der Waals surface area contributed by atoms with Crippen LogP contribution in [0.15, 0.2) is 36.7 Å². The van der Waals surface area contributed by atoms with E-state index in [1.54, 1.807) is 0 Å². The number of benzene rings is 1. The zero-order valence-electron chi connectivity index (χ0n) is 10.9. The normalized spacial score (nSPS) is 11.0. The highest BCUT2D eigenvalue weighted by molar-refractivity contribution is 5.68. The third kappa shape index (κ3) is 4.62. The smallest absolute Gasteiger partial charge is 0.479 e. The molecule has 2 aromatic rings. The maximum absolute atomic E-state index is 12.0. The molecule has 0 radical (unpaired) electrons. The molecule has 0 fully saturated rings. The molecular formula is C13H9F3N2O4. The second kappa shape index (κ2) is 6.29. The van der Waals surface area contributed by atoms with Gasteiger partial charge < -0.3 is 14.6 Å². The number of alkyl halides is 3. The van der Waals surface area contributed by atoms with E-state index >= 15 is 0 Å². The monoisotopic (exact) mass is 314 g/mol. The van der Waals surface area contributed by atoms with Gasteiger partial charge in [0.2, 0.25) is 0 Å². The Hall–Kier alpha value is -2.84. The summed E-state index contributed by atoms with van der Waals surface area (Å²) in [6, 6.07) is 5.02. The van der Waals surface area contributed by atoms with Crippen LogP contribution >= 0.6 is 0 Å². The predicted molar refractivity (Wildman–Crippen MR) is 67.3 cm³/mol. The van der Waals surface area contributed by atoms with Gasteiger partial charge in [-0.05, 0) is 24.3 Å². The number of aliphatic carboxylic acids is 1. The summed E-state index contributed by atoms with van der Waals surface area (Å²) in [5, 5.41) is 8.46. The molecule has 2 rings (SSSR count). The number of hydrogen-bond donors (Lipinski definition) is 1. The van der Waals surface area contributed by atoms with Crippen LogP contribution in [-0.4, -0.2) is 34.0 Å². The topological polar surface area (TPSA) is 81.5 Å². The number of ether oxygens (including phenoxy) is 2. The molecule has 1 aromatic carbocycles. The van der Waals surface area contributed by atoms with Crippen LogP contribution in [-0.2, 0) is 4.79 Å². The Bertz CT molecular complexity index is 642. The van der Waals surface area contributed by atoms with Crippen LogP contribution in [0.4, 0.5) is 13.2 Å². The van der Waals surface area contributed by atoms with Crippen molar-refractivity contribution in [1.82, 2.24) is 9.97 Å². The first-order valence-electron chi connectivity index (χ1n) is 5.86. The molecule has 1 N–H and O–H groups in total. The lowest BCUT2D eigenvalue weighted by Gasteiger charge is -2.09. The Balaban J connectivity index is 2.07. The Kier molecular flexibility index (Phi) is 4.44. The summed E-state index contributed by atoms with van der Waals surface area (Å²) in [4.78, 5) is 18.2. The molecule has 0 spiro atoms. The summed E-state index contributed by atoms with van der Waals surface area (Å²) in [6.45, 7) is -0.522. The maximum Gasteiger partial charge on any atom is 0.573 e. The van der Waals surface area contributed by atoms with Crippen LogP contribution in [0.2, 0.25) is 0 Å². The van der Waals surface area contributed by atoms with Crippen LogP contribution in [0.1, 0.15) is 0 Å². The van der Waals surface area contributed by atoms with Gasteiger partial charge in [0.25, 0.3) is 0 Å². The van der Waals surface area contributed by atoms with Crippen molar-refractivity contribution in [3.05, 3.63) is 36.7 Å². The van der Waals surface area contributed by atoms with E-state index in [9.17, 15) is 18.0 Å². The number of carboxylic acid groups (broad SMARTS) is 1. The Labute approximate surface area is 122 Å². The van der Waals surface area contributed by atoms with Gasteiger partial charge in [-0.2, -0.15) is 0 Å². The van der Waals surface area contributed by atoms with Crippen molar-refractivity contribution >= 4 is 5.97 Å². The third-order valence-corrected chi connectivity index (χ3v) is 2.34. The van der Waals surface area contributed by atoms with Crippen LogP contribution in [0, 0.1) is 0 Å². The van der Waals surface area contributed by atoms with Crippen molar-refractivity contribution in [2.75, 3.05) is 6.61 Å². The zero-order valence-corrected chi connectivity index (χ0v) is 10.9. The Morgan fingerprint density at radius 2 is 1.68 bits per heavy atom. The van der Waals surface area contributed by atoms with E-state index in [1.807, 2.05) is 0 Å². The molecule has 0 bridgehead atoms. The molecule has 1 aromatic heterocycles. The molecular weight excluding hydrogens is 305 g/mol. The number of halogens is 3. The van der Waals surface area contributed by atoms with Crippen molar-refractivity contribution in [1.29, 1.82) is 0 Å². The second-order valence-corrected chi connectivity index (χ2v) is 4.00. The zero-order chi connectivity index (χ0) is 16.2. The average Bonchev–Trinajstić information content (AvgIpc) is 2.45. The predicted octanol–water partition coefficient (Wildman–Crippen LogP) is 2.51. The summed E-state index contributed by atoms with van der Waals surface area (Å²) >= 11 is 0. The average molecular weight is 314 g/mol. The van der Waals surface area contributed by atoms with Gasteiger partial charge in [0.05, 0.1) is 12.4 Å². The van der Waals surface area contributed by atoms with Crippen molar-refractivity contribution < 1.29 is 32.5 Å². The lowest BCUT2D eigenvalue weighted by atomic mass is 10.2. The van der Waals surface area contributed by atoms with Crippen LogP contribution in [0.5, 0.6) is 11.5 Å². The fourth-order valence-corrected chi connectivity index (χ4v) is 1.49. The van der Waals surface area contributed by atoms with Gasteiger partial charge in [-0.3, -0.25) is 0 Å². The number of aromatic nitrogens is 2. The van der Waals surface area contributed by atoms with Gasteiger partial charge in [0.15, 0.2) is 18.2 Å². The summed E-state index contributed by atoms with van der Waals surface area (Å²) in [5.74, 6) is -1.06. The molecule has 22 heavy (non-hydrogen) atoms. The molecule has 116 valence electrons. The van der Waals surface area contributed by atoms with Gasteiger partial charge >= 0.3 is 12.3 Å². The molecule has 1 heterocycles. The van der Waals surface area contributed by atoms with Crippen molar-refractivity contribution in [2.24, 2.45) is 0 Å². The minimum absolute atomic E-state index is 0.170. The molecule has 0 amide bonds. The van der Waals surface area contributed by atoms with Gasteiger partial charge in [-0.25, -0.2) is 14.8 Å². The van der Waals surface area contributed by atoms with Crippen LogP contribution in [0.3, 0.4) is 0 Å². The summed E-state index contributed by atoms with van der Waals surface area (Å²) < 4.78 is 44.7. The van der Waals surface area contributed by atoms with Gasteiger partial charge in [0, 0.05) is 5.56 Å². The molecule has 9 heteroatoms. The number of carbonyl (C=O) groups is 1. The van der Waals surface area contributed by atoms with Gasteiger partial charge in [0.1, 0.15) is 5.75 Å². The number of rotatable bonds is 5. The lowest BCUT2D eigenvalue weighted by molar-refractivity contribution is -0.274. The van der Waals surface area contributed by atoms with E-state index in [0.29, 0.717) is 5.56 Å². The molecule has 6 nitrogen and oxygen atoms in total. The van der Waals surface area contributed by atoms with E-state index in [1.165, 1.54) is 24.5 Å². The summed E-state index contributed by atoms with van der Waals surface area (Å²) in [6.07, 6.45) is -2.21. The molecule has 0 aliphatic heterocycles. The maximum atomic E-state index is 12.0. The minimum Gasteiger partial charge on any atom is -0.479 e. The van der Waals surface area contributed by atoms with Crippen LogP contribution < -0.4 is 9.47 Å². The van der Waals surface area contributed by atoms with Crippen molar-refractivity contribution in [3.63, 3.8) is 0 Å². The highest BCUT2D eigenvalue weighted by Crippen LogP contribution is 2.25. The number of nitrogens with zero attached hydrogens (tertiary/aromatic N) is 2. The highest BCUT2D eigenvalue weighted by atomic mass is 19.4. The summed E-state index contributed by atoms with van der Waals surface area (Å²) in [7, 11) is 0. The molecule has 0 aliphatic rings. The van der Waals surface area contributed by atoms with E-state index in [4.69, 9.17) is 9.84 Å². The SMILES string of the molecule is O=C(O)COc1cnc(-c2ccc(OC(F)(F)F)cc2)nc1. The lowest BCUT2D eigenvalue weighted by Crippen LogP contribution is -2.16. The summed E-state index contributed by atoms with van der Waals surface area (Å²) in [5.41, 5.74) is 0.472. The fourth-order valence-electron chi connectivity index (χ4n) is 1.49. The van der Waals surface area contributed by atoms with E-state index in [0.717, 1.165) is 12.1 Å². The van der Waals surface area contributed by atoms with Gasteiger partial charge in [-0.15, -0.1) is 13.2 Å². The van der Waals surface area contributed by atoms with Gasteiger partial charge in [-0.1, -0.05) is 0 Å². The first kappa shape index (κ1) is 15.5. The fraction of sp³-hybridized carbons (Fsp3) is 0.154. The van der Waals surface area contributed by atoms with Crippen LogP contribution in [0.25, 0.3) is 11.4 Å². The van der Waals surface area contributed by atoms with E-state index in [-0.39, 0.29) is 17.3 Å². The highest BCUT2D eigenvalue weighted by Gasteiger charge is 2.30. The standard InChI is InChI=1S/C13H9F3N2O4/c14-13(15,16)22-9-3-1-8(2-4-9)12-17-5-10(6-18-12)21-7-11(19)20/h1-6H,7H2,(H,19,20). The number of hydrogen-bond acceptors (Lipinski definition) is 5.